The van der Waals surface area contributed by atoms with E-state index < -0.39 is 23.6 Å². The Balaban J connectivity index is 1.59. The van der Waals surface area contributed by atoms with Crippen molar-refractivity contribution >= 4 is 23.5 Å². The zero-order valence-corrected chi connectivity index (χ0v) is 19.7. The van der Waals surface area contributed by atoms with Gasteiger partial charge in [-0.1, -0.05) is 6.07 Å². The monoisotopic (exact) mass is 497 g/mol. The van der Waals surface area contributed by atoms with Crippen LogP contribution in [0.25, 0.3) is 11.3 Å². The third-order valence-corrected chi connectivity index (χ3v) is 5.76. The van der Waals surface area contributed by atoms with E-state index in [2.05, 4.69) is 20.6 Å². The molecule has 1 heterocycles. The van der Waals surface area contributed by atoms with Crippen molar-refractivity contribution in [3.63, 3.8) is 0 Å². The molecule has 11 heteroatoms. The summed E-state index contributed by atoms with van der Waals surface area (Å²) in [6.07, 6.45) is 2.58. The summed E-state index contributed by atoms with van der Waals surface area (Å²) in [5.41, 5.74) is 7.72. The van der Waals surface area contributed by atoms with E-state index in [-0.39, 0.29) is 47.3 Å². The SMILES string of the molecule is CNC(=O)OCCOc1c(N)ncnc1-c1cc(F)cc(NC(=O)c2ccc(C3CC3)cc2F)c1C. The highest BCUT2D eigenvalue weighted by Crippen LogP contribution is 2.40. The van der Waals surface area contributed by atoms with Crippen molar-refractivity contribution < 1.29 is 27.8 Å². The van der Waals surface area contributed by atoms with Crippen molar-refractivity contribution in [3.05, 3.63) is 65.0 Å². The van der Waals surface area contributed by atoms with Gasteiger partial charge in [0.05, 0.1) is 5.56 Å². The fourth-order valence-electron chi connectivity index (χ4n) is 3.70. The van der Waals surface area contributed by atoms with Crippen LogP contribution >= 0.6 is 0 Å². The number of nitrogens with zero attached hydrogens (tertiary/aromatic N) is 2. The second kappa shape index (κ2) is 10.5. The van der Waals surface area contributed by atoms with Crippen LogP contribution in [0.5, 0.6) is 5.75 Å². The van der Waals surface area contributed by atoms with Crippen molar-refractivity contribution in [3.8, 4) is 17.0 Å². The standard InChI is InChI=1S/C25H25F2N5O4/c1-13-18(21-22(23(28)31-12-30-21)35-7-8-36-25(34)29-2)10-16(26)11-20(13)32-24(33)17-6-5-15(9-19(17)27)14-3-4-14/h5-6,9-12,14H,3-4,7-8H2,1-2H3,(H,29,34)(H,32,33)(H2,28,30,31). The summed E-state index contributed by atoms with van der Waals surface area (Å²) in [4.78, 5) is 32.1. The van der Waals surface area contributed by atoms with Gasteiger partial charge in [-0.3, -0.25) is 4.79 Å². The average molecular weight is 498 g/mol. The van der Waals surface area contributed by atoms with Gasteiger partial charge >= 0.3 is 6.09 Å². The molecule has 0 aliphatic heterocycles. The Labute approximate surface area is 206 Å². The Hall–Kier alpha value is -4.28. The number of nitrogens with one attached hydrogen (secondary N) is 2. The molecule has 0 saturated heterocycles. The normalized spacial score (nSPS) is 12.7. The van der Waals surface area contributed by atoms with Crippen LogP contribution in [0, 0.1) is 18.6 Å². The van der Waals surface area contributed by atoms with Crippen LogP contribution < -0.4 is 21.1 Å². The predicted molar refractivity (Wildman–Crippen MR) is 129 cm³/mol. The molecular formula is C25H25F2N5O4. The van der Waals surface area contributed by atoms with Crippen LogP contribution in [0.3, 0.4) is 0 Å². The lowest BCUT2D eigenvalue weighted by Gasteiger charge is -2.16. The molecule has 1 fully saturated rings. The number of carbonyl (C=O) groups is 2. The first kappa shape index (κ1) is 24.8. The molecule has 188 valence electrons. The van der Waals surface area contributed by atoms with Gasteiger partial charge in [-0.15, -0.1) is 0 Å². The number of aromatic nitrogens is 2. The highest BCUT2D eigenvalue weighted by Gasteiger charge is 2.25. The molecule has 0 atom stereocenters. The third kappa shape index (κ3) is 5.51. The highest BCUT2D eigenvalue weighted by molar-refractivity contribution is 6.05. The molecule has 2 aromatic carbocycles. The second-order valence-corrected chi connectivity index (χ2v) is 8.26. The van der Waals surface area contributed by atoms with Crippen LogP contribution in [-0.2, 0) is 4.74 Å². The topological polar surface area (TPSA) is 128 Å². The van der Waals surface area contributed by atoms with E-state index in [1.54, 1.807) is 13.0 Å². The lowest BCUT2D eigenvalue weighted by atomic mass is 10.0. The maximum Gasteiger partial charge on any atom is 0.406 e. The molecule has 0 spiro atoms. The molecule has 1 aliphatic carbocycles. The number of anilines is 2. The lowest BCUT2D eigenvalue weighted by Crippen LogP contribution is -2.22. The number of carbonyl (C=O) groups excluding carboxylic acids is 2. The van der Waals surface area contributed by atoms with Crippen LogP contribution in [-0.4, -0.2) is 42.2 Å². The number of alkyl carbamates (subject to hydrolysis) is 1. The maximum atomic E-state index is 14.6. The van der Waals surface area contributed by atoms with E-state index in [9.17, 15) is 18.4 Å². The van der Waals surface area contributed by atoms with E-state index in [1.807, 2.05) is 0 Å². The Morgan fingerprint density at radius 1 is 1.14 bits per heavy atom. The van der Waals surface area contributed by atoms with E-state index >= 15 is 0 Å². The predicted octanol–water partition coefficient (Wildman–Crippen LogP) is 4.18. The van der Waals surface area contributed by atoms with Gasteiger partial charge in [-0.25, -0.2) is 23.5 Å². The van der Waals surface area contributed by atoms with Gasteiger partial charge in [0.2, 0.25) is 0 Å². The number of nitrogens with two attached hydrogens (primary N) is 1. The summed E-state index contributed by atoms with van der Waals surface area (Å²) in [6.45, 7) is 1.50. The van der Waals surface area contributed by atoms with Gasteiger partial charge in [0.1, 0.15) is 36.9 Å². The van der Waals surface area contributed by atoms with Gasteiger partial charge in [0.15, 0.2) is 11.6 Å². The number of hydrogen-bond acceptors (Lipinski definition) is 7. The van der Waals surface area contributed by atoms with Crippen molar-refractivity contribution in [2.75, 3.05) is 31.3 Å². The quantitative estimate of drug-likeness (QED) is 0.398. The first-order chi connectivity index (χ1) is 17.3. The second-order valence-electron chi connectivity index (χ2n) is 8.26. The van der Waals surface area contributed by atoms with E-state index in [0.717, 1.165) is 24.5 Å². The molecule has 9 nitrogen and oxygen atoms in total. The third-order valence-electron chi connectivity index (χ3n) is 5.76. The maximum absolute atomic E-state index is 14.6. The van der Waals surface area contributed by atoms with Gasteiger partial charge in [-0.05, 0) is 61.1 Å². The number of nitrogen functional groups attached to an aromatic ring is 1. The summed E-state index contributed by atoms with van der Waals surface area (Å²) in [7, 11) is 1.42. The zero-order chi connectivity index (χ0) is 25.8. The molecule has 0 bridgehead atoms. The van der Waals surface area contributed by atoms with Crippen molar-refractivity contribution in [1.29, 1.82) is 0 Å². The van der Waals surface area contributed by atoms with Crippen molar-refractivity contribution in [2.24, 2.45) is 0 Å². The summed E-state index contributed by atoms with van der Waals surface area (Å²) in [5, 5.41) is 4.90. The summed E-state index contributed by atoms with van der Waals surface area (Å²) < 4.78 is 39.8. The summed E-state index contributed by atoms with van der Waals surface area (Å²) in [5.74, 6) is -1.61. The molecule has 3 aromatic rings. The van der Waals surface area contributed by atoms with Crippen molar-refractivity contribution in [2.45, 2.75) is 25.7 Å². The van der Waals surface area contributed by atoms with Gasteiger partial charge in [0, 0.05) is 18.3 Å². The highest BCUT2D eigenvalue weighted by atomic mass is 19.1. The Bertz CT molecular complexity index is 1310. The number of amides is 2. The molecule has 4 N–H and O–H groups in total. The van der Waals surface area contributed by atoms with Crippen LogP contribution in [0.4, 0.5) is 25.1 Å². The lowest BCUT2D eigenvalue weighted by molar-refractivity contribution is 0.102. The van der Waals surface area contributed by atoms with Crippen LogP contribution in [0.2, 0.25) is 0 Å². The molecule has 1 aliphatic rings. The molecule has 36 heavy (non-hydrogen) atoms. The minimum atomic E-state index is -0.709. The molecule has 2 amide bonds. The summed E-state index contributed by atoms with van der Waals surface area (Å²) in [6, 6.07) is 6.89. The Morgan fingerprint density at radius 3 is 2.61 bits per heavy atom. The van der Waals surface area contributed by atoms with Crippen LogP contribution in [0.15, 0.2) is 36.7 Å². The van der Waals surface area contributed by atoms with E-state index in [4.69, 9.17) is 15.2 Å². The number of rotatable bonds is 8. The number of hydrogen-bond donors (Lipinski definition) is 3. The molecule has 1 saturated carbocycles. The minimum absolute atomic E-state index is 0.00740. The smallest absolute Gasteiger partial charge is 0.406 e. The molecular weight excluding hydrogens is 472 g/mol. The fraction of sp³-hybridized carbons (Fsp3) is 0.280. The fourth-order valence-corrected chi connectivity index (χ4v) is 3.70. The number of ether oxygens (including phenoxy) is 2. The van der Waals surface area contributed by atoms with Gasteiger partial charge < -0.3 is 25.8 Å². The van der Waals surface area contributed by atoms with Crippen LogP contribution in [0.1, 0.15) is 40.2 Å². The molecule has 1 aromatic heterocycles. The average Bonchev–Trinajstić information content (AvgIpc) is 3.70. The zero-order valence-electron chi connectivity index (χ0n) is 19.7. The first-order valence-corrected chi connectivity index (χ1v) is 11.3. The number of halogens is 2. The van der Waals surface area contributed by atoms with Gasteiger partial charge in [0.25, 0.3) is 5.91 Å². The Kier molecular flexibility index (Phi) is 7.28. The largest absolute Gasteiger partial charge is 0.484 e. The molecule has 0 unspecified atom stereocenters. The summed E-state index contributed by atoms with van der Waals surface area (Å²) >= 11 is 0. The first-order valence-electron chi connectivity index (χ1n) is 11.3. The Morgan fingerprint density at radius 2 is 1.92 bits per heavy atom. The molecule has 0 radical (unpaired) electrons. The van der Waals surface area contributed by atoms with Gasteiger partial charge in [-0.2, -0.15) is 0 Å². The van der Waals surface area contributed by atoms with E-state index in [1.165, 1.54) is 31.6 Å². The van der Waals surface area contributed by atoms with Crippen molar-refractivity contribution in [1.82, 2.24) is 15.3 Å². The van der Waals surface area contributed by atoms with E-state index in [0.29, 0.717) is 11.5 Å². The minimum Gasteiger partial charge on any atom is -0.484 e. The number of benzene rings is 2. The molecule has 4 rings (SSSR count).